The zero-order valence-electron chi connectivity index (χ0n) is 8.84. The third kappa shape index (κ3) is 1.52. The largest absolute Gasteiger partial charge is 0.294 e. The lowest BCUT2D eigenvalue weighted by molar-refractivity contribution is -0.487. The molecule has 0 amide bonds. The minimum absolute atomic E-state index is 0.206. The SMILES string of the molecule is CC1(C[N+](=O)[O-])C(=O)C=Cc2ccccc21. The molecule has 0 aliphatic heterocycles. The van der Waals surface area contributed by atoms with Gasteiger partial charge in [-0.25, -0.2) is 0 Å². The molecule has 1 aliphatic carbocycles. The van der Waals surface area contributed by atoms with Crippen molar-refractivity contribution < 1.29 is 9.72 Å². The first-order valence-electron chi connectivity index (χ1n) is 4.98. The van der Waals surface area contributed by atoms with Crippen LogP contribution < -0.4 is 0 Å². The topological polar surface area (TPSA) is 60.2 Å². The second-order valence-electron chi connectivity index (χ2n) is 4.11. The summed E-state index contributed by atoms with van der Waals surface area (Å²) in [6.45, 7) is 1.26. The van der Waals surface area contributed by atoms with E-state index in [1.54, 1.807) is 25.1 Å². The number of hydrogen-bond acceptors (Lipinski definition) is 3. The highest BCUT2D eigenvalue weighted by Gasteiger charge is 2.41. The Kier molecular flexibility index (Phi) is 2.34. The summed E-state index contributed by atoms with van der Waals surface area (Å²) in [5.41, 5.74) is 0.583. The van der Waals surface area contributed by atoms with E-state index in [9.17, 15) is 14.9 Å². The quantitative estimate of drug-likeness (QED) is 0.560. The van der Waals surface area contributed by atoms with Gasteiger partial charge in [0.15, 0.2) is 5.78 Å². The highest BCUT2D eigenvalue weighted by Crippen LogP contribution is 2.33. The van der Waals surface area contributed by atoms with E-state index < -0.39 is 10.3 Å². The molecule has 0 fully saturated rings. The van der Waals surface area contributed by atoms with Crippen LogP contribution >= 0.6 is 0 Å². The fourth-order valence-electron chi connectivity index (χ4n) is 2.05. The van der Waals surface area contributed by atoms with Crippen molar-refractivity contribution in [3.8, 4) is 0 Å². The van der Waals surface area contributed by atoms with E-state index in [2.05, 4.69) is 0 Å². The van der Waals surface area contributed by atoms with E-state index in [0.717, 1.165) is 11.1 Å². The van der Waals surface area contributed by atoms with Crippen LogP contribution in [0.25, 0.3) is 6.08 Å². The maximum absolute atomic E-state index is 11.8. The second-order valence-corrected chi connectivity index (χ2v) is 4.11. The lowest BCUT2D eigenvalue weighted by Crippen LogP contribution is -2.40. The summed E-state index contributed by atoms with van der Waals surface area (Å²) in [4.78, 5) is 22.0. The number of rotatable bonds is 2. The van der Waals surface area contributed by atoms with E-state index in [-0.39, 0.29) is 12.3 Å². The smallest absolute Gasteiger partial charge is 0.220 e. The molecule has 4 nitrogen and oxygen atoms in total. The first-order chi connectivity index (χ1) is 7.54. The number of nitrogens with zero attached hydrogens (tertiary/aromatic N) is 1. The van der Waals surface area contributed by atoms with E-state index >= 15 is 0 Å². The molecule has 4 heteroatoms. The fourth-order valence-corrected chi connectivity index (χ4v) is 2.05. The Balaban J connectivity index is 2.56. The van der Waals surface area contributed by atoms with Crippen LogP contribution in [0.1, 0.15) is 18.1 Å². The average Bonchev–Trinajstić information content (AvgIpc) is 2.23. The maximum atomic E-state index is 11.8. The molecular formula is C12H11NO3. The molecule has 0 aromatic heterocycles. The van der Waals surface area contributed by atoms with E-state index in [0.29, 0.717) is 0 Å². The van der Waals surface area contributed by atoms with E-state index in [1.807, 2.05) is 12.1 Å². The monoisotopic (exact) mass is 217 g/mol. The molecule has 16 heavy (non-hydrogen) atoms. The first kappa shape index (κ1) is 10.5. The molecule has 0 spiro atoms. The average molecular weight is 217 g/mol. The van der Waals surface area contributed by atoms with Gasteiger partial charge in [0.05, 0.1) is 0 Å². The van der Waals surface area contributed by atoms with Crippen molar-refractivity contribution in [1.29, 1.82) is 0 Å². The molecule has 1 atom stereocenters. The molecule has 1 aliphatic rings. The summed E-state index contributed by atoms with van der Waals surface area (Å²) in [5, 5.41) is 10.7. The minimum Gasteiger partial charge on any atom is -0.294 e. The van der Waals surface area contributed by atoms with Gasteiger partial charge in [0, 0.05) is 4.92 Å². The van der Waals surface area contributed by atoms with Gasteiger partial charge in [-0.05, 0) is 24.1 Å². The zero-order chi connectivity index (χ0) is 11.8. The Labute approximate surface area is 92.7 Å². The number of ketones is 1. The predicted octanol–water partition coefficient (Wildman–Crippen LogP) is 1.82. The van der Waals surface area contributed by atoms with Gasteiger partial charge in [-0.3, -0.25) is 14.9 Å². The minimum atomic E-state index is -1.03. The highest BCUT2D eigenvalue weighted by molar-refractivity contribution is 6.04. The van der Waals surface area contributed by atoms with Crippen LogP contribution in [-0.2, 0) is 10.2 Å². The summed E-state index contributed by atoms with van der Waals surface area (Å²) in [6.07, 6.45) is 3.13. The fraction of sp³-hybridized carbons (Fsp3) is 0.250. The van der Waals surface area contributed by atoms with Crippen LogP contribution in [-0.4, -0.2) is 17.3 Å². The van der Waals surface area contributed by atoms with Gasteiger partial charge in [-0.1, -0.05) is 30.3 Å². The molecule has 0 heterocycles. The molecular weight excluding hydrogens is 206 g/mol. The van der Waals surface area contributed by atoms with Crippen molar-refractivity contribution in [3.63, 3.8) is 0 Å². The van der Waals surface area contributed by atoms with E-state index in [1.165, 1.54) is 6.08 Å². The van der Waals surface area contributed by atoms with Crippen molar-refractivity contribution in [2.75, 3.05) is 6.54 Å². The maximum Gasteiger partial charge on any atom is 0.220 e. The van der Waals surface area contributed by atoms with Gasteiger partial charge in [-0.2, -0.15) is 0 Å². The van der Waals surface area contributed by atoms with E-state index in [4.69, 9.17) is 0 Å². The summed E-state index contributed by atoms with van der Waals surface area (Å²) in [5.74, 6) is -0.206. The molecule has 82 valence electrons. The number of nitro groups is 1. The molecule has 0 saturated heterocycles. The summed E-state index contributed by atoms with van der Waals surface area (Å²) in [6, 6.07) is 7.28. The third-order valence-corrected chi connectivity index (χ3v) is 2.96. The molecule has 1 unspecified atom stereocenters. The number of carbonyl (C=O) groups excluding carboxylic acids is 1. The third-order valence-electron chi connectivity index (χ3n) is 2.96. The van der Waals surface area contributed by atoms with Crippen molar-refractivity contribution in [2.24, 2.45) is 0 Å². The van der Waals surface area contributed by atoms with Gasteiger partial charge >= 0.3 is 0 Å². The molecule has 0 N–H and O–H groups in total. The number of hydrogen-bond donors (Lipinski definition) is 0. The number of carbonyl (C=O) groups is 1. The summed E-state index contributed by atoms with van der Waals surface area (Å²) < 4.78 is 0. The van der Waals surface area contributed by atoms with Crippen molar-refractivity contribution >= 4 is 11.9 Å². The first-order valence-corrected chi connectivity index (χ1v) is 4.98. The van der Waals surface area contributed by atoms with Gasteiger partial charge in [0.2, 0.25) is 6.54 Å². The Hall–Kier alpha value is -1.97. The van der Waals surface area contributed by atoms with Crippen molar-refractivity contribution in [2.45, 2.75) is 12.3 Å². The Morgan fingerprint density at radius 3 is 2.69 bits per heavy atom. The van der Waals surface area contributed by atoms with Crippen LogP contribution in [0.4, 0.5) is 0 Å². The van der Waals surface area contributed by atoms with Crippen molar-refractivity contribution in [1.82, 2.24) is 0 Å². The Morgan fingerprint density at radius 2 is 2.00 bits per heavy atom. The molecule has 0 radical (unpaired) electrons. The zero-order valence-corrected chi connectivity index (χ0v) is 8.84. The van der Waals surface area contributed by atoms with Gasteiger partial charge in [-0.15, -0.1) is 0 Å². The van der Waals surface area contributed by atoms with Crippen molar-refractivity contribution in [3.05, 3.63) is 51.6 Å². The van der Waals surface area contributed by atoms with Gasteiger partial charge in [0.1, 0.15) is 5.41 Å². The lowest BCUT2D eigenvalue weighted by atomic mass is 9.73. The van der Waals surface area contributed by atoms with Crippen LogP contribution in [0.2, 0.25) is 0 Å². The summed E-state index contributed by atoms with van der Waals surface area (Å²) in [7, 11) is 0. The lowest BCUT2D eigenvalue weighted by Gasteiger charge is -2.27. The Bertz CT molecular complexity index is 493. The van der Waals surface area contributed by atoms with Gasteiger partial charge < -0.3 is 0 Å². The number of fused-ring (bicyclic) bond motifs is 1. The van der Waals surface area contributed by atoms with Crippen LogP contribution in [0.15, 0.2) is 30.3 Å². The molecule has 1 aromatic carbocycles. The summed E-state index contributed by atoms with van der Waals surface area (Å²) >= 11 is 0. The standard InChI is InChI=1S/C12H11NO3/c1-12(8-13(15)16)10-5-3-2-4-9(10)6-7-11(12)14/h2-7H,8H2,1H3. The molecule has 0 saturated carbocycles. The number of allylic oxidation sites excluding steroid dienone is 1. The molecule has 1 aromatic rings. The number of benzene rings is 1. The normalized spacial score (nSPS) is 22.9. The van der Waals surface area contributed by atoms with Gasteiger partial charge in [0.25, 0.3) is 0 Å². The predicted molar refractivity (Wildman–Crippen MR) is 59.7 cm³/mol. The molecule has 2 rings (SSSR count). The molecule has 0 bridgehead atoms. The van der Waals surface area contributed by atoms with Crippen LogP contribution in [0, 0.1) is 10.1 Å². The highest BCUT2D eigenvalue weighted by atomic mass is 16.6. The Morgan fingerprint density at radius 1 is 1.31 bits per heavy atom. The van der Waals surface area contributed by atoms with Crippen LogP contribution in [0.5, 0.6) is 0 Å². The van der Waals surface area contributed by atoms with Crippen LogP contribution in [0.3, 0.4) is 0 Å². The second kappa shape index (κ2) is 3.56.